The number of rotatable bonds is 5. The van der Waals surface area contributed by atoms with E-state index in [4.69, 9.17) is 0 Å². The van der Waals surface area contributed by atoms with E-state index in [1.165, 1.54) is 11.1 Å². The molecule has 0 aromatic heterocycles. The largest absolute Gasteiger partial charge is 0.316 e. The highest BCUT2D eigenvalue weighted by Crippen LogP contribution is 2.07. The molecule has 0 saturated heterocycles. The summed E-state index contributed by atoms with van der Waals surface area (Å²) in [5.74, 6) is 0. The number of benzene rings is 1. The number of hydrogen-bond donors (Lipinski definition) is 1. The Labute approximate surface area is 86.8 Å². The second-order valence-electron chi connectivity index (χ2n) is 3.70. The van der Waals surface area contributed by atoms with E-state index in [1.54, 1.807) is 0 Å². The van der Waals surface area contributed by atoms with Gasteiger partial charge in [-0.25, -0.2) is 0 Å². The maximum atomic E-state index is 3.76. The molecule has 0 aliphatic rings. The van der Waals surface area contributed by atoms with E-state index >= 15 is 0 Å². The summed E-state index contributed by atoms with van der Waals surface area (Å²) in [4.78, 5) is 0. The smallest absolute Gasteiger partial charge is 0.0139 e. The number of likely N-dealkylation sites (N-methyl/N-ethyl adjacent to an activating group) is 1. The van der Waals surface area contributed by atoms with Crippen LogP contribution in [0.15, 0.2) is 36.9 Å². The molecule has 1 aromatic carbocycles. The Morgan fingerprint density at radius 2 is 2.00 bits per heavy atom. The third-order valence-corrected chi connectivity index (χ3v) is 2.46. The minimum Gasteiger partial charge on any atom is -0.316 e. The predicted molar refractivity (Wildman–Crippen MR) is 62.5 cm³/mol. The van der Waals surface area contributed by atoms with Gasteiger partial charge in [-0.3, -0.25) is 0 Å². The zero-order valence-electron chi connectivity index (χ0n) is 9.09. The average molecular weight is 189 g/mol. The van der Waals surface area contributed by atoms with Gasteiger partial charge < -0.3 is 5.32 Å². The fraction of sp³-hybridized carbons (Fsp3) is 0.385. The van der Waals surface area contributed by atoms with Crippen molar-refractivity contribution >= 4 is 0 Å². The Balaban J connectivity index is 2.57. The monoisotopic (exact) mass is 189 g/mol. The van der Waals surface area contributed by atoms with Gasteiger partial charge >= 0.3 is 0 Å². The second-order valence-corrected chi connectivity index (χ2v) is 3.70. The summed E-state index contributed by atoms with van der Waals surface area (Å²) >= 11 is 0. The van der Waals surface area contributed by atoms with Crippen LogP contribution < -0.4 is 5.32 Å². The summed E-state index contributed by atoms with van der Waals surface area (Å²) in [7, 11) is 2.00. The van der Waals surface area contributed by atoms with Crippen molar-refractivity contribution in [3.63, 3.8) is 0 Å². The highest BCUT2D eigenvalue weighted by molar-refractivity contribution is 5.22. The lowest BCUT2D eigenvalue weighted by Crippen LogP contribution is -2.26. The van der Waals surface area contributed by atoms with E-state index in [0.717, 1.165) is 12.8 Å². The van der Waals surface area contributed by atoms with Gasteiger partial charge in [0.25, 0.3) is 0 Å². The molecule has 1 rings (SSSR count). The highest BCUT2D eigenvalue weighted by atomic mass is 14.9. The lowest BCUT2D eigenvalue weighted by atomic mass is 10.0. The Kier molecular flexibility index (Phi) is 4.41. The average Bonchev–Trinajstić information content (AvgIpc) is 2.20. The van der Waals surface area contributed by atoms with Crippen LogP contribution in [-0.4, -0.2) is 13.1 Å². The highest BCUT2D eigenvalue weighted by Gasteiger charge is 2.04. The Bertz CT molecular complexity index is 274. The topological polar surface area (TPSA) is 12.0 Å². The first-order chi connectivity index (χ1) is 6.76. The third kappa shape index (κ3) is 3.35. The Hall–Kier alpha value is -1.08. The van der Waals surface area contributed by atoms with Crippen LogP contribution in [0.2, 0.25) is 0 Å². The van der Waals surface area contributed by atoms with E-state index in [1.807, 2.05) is 13.1 Å². The summed E-state index contributed by atoms with van der Waals surface area (Å²) < 4.78 is 0. The molecule has 14 heavy (non-hydrogen) atoms. The first kappa shape index (κ1) is 11.0. The zero-order chi connectivity index (χ0) is 10.4. The first-order valence-electron chi connectivity index (χ1n) is 5.10. The normalized spacial score (nSPS) is 12.4. The summed E-state index contributed by atoms with van der Waals surface area (Å²) in [5, 5.41) is 3.29. The molecule has 0 spiro atoms. The molecule has 1 heteroatoms. The van der Waals surface area contributed by atoms with Crippen molar-refractivity contribution in [2.45, 2.75) is 25.8 Å². The third-order valence-electron chi connectivity index (χ3n) is 2.46. The molecule has 0 amide bonds. The fourth-order valence-electron chi connectivity index (χ4n) is 1.51. The van der Waals surface area contributed by atoms with Gasteiger partial charge in [-0.15, -0.1) is 6.58 Å². The second kappa shape index (κ2) is 5.61. The van der Waals surface area contributed by atoms with Gasteiger partial charge in [-0.05, 0) is 32.4 Å². The molecular formula is C13H19N. The SMILES string of the molecule is C=CCC(Cc1ccc(C)cc1)NC. The van der Waals surface area contributed by atoms with Gasteiger partial charge in [-0.2, -0.15) is 0 Å². The molecule has 1 atom stereocenters. The fourth-order valence-corrected chi connectivity index (χ4v) is 1.51. The van der Waals surface area contributed by atoms with E-state index in [2.05, 4.69) is 43.1 Å². The van der Waals surface area contributed by atoms with Crippen molar-refractivity contribution in [1.29, 1.82) is 0 Å². The van der Waals surface area contributed by atoms with Crippen LogP contribution in [0.4, 0.5) is 0 Å². The van der Waals surface area contributed by atoms with E-state index in [0.29, 0.717) is 6.04 Å². The zero-order valence-corrected chi connectivity index (χ0v) is 9.09. The van der Waals surface area contributed by atoms with Gasteiger partial charge in [0.2, 0.25) is 0 Å². The van der Waals surface area contributed by atoms with Crippen molar-refractivity contribution < 1.29 is 0 Å². The van der Waals surface area contributed by atoms with Crippen molar-refractivity contribution in [2.75, 3.05) is 7.05 Å². The van der Waals surface area contributed by atoms with Gasteiger partial charge in [0.05, 0.1) is 0 Å². The van der Waals surface area contributed by atoms with Crippen molar-refractivity contribution in [1.82, 2.24) is 5.32 Å². The number of aryl methyl sites for hydroxylation is 1. The van der Waals surface area contributed by atoms with E-state index < -0.39 is 0 Å². The predicted octanol–water partition coefficient (Wildman–Crippen LogP) is 2.70. The van der Waals surface area contributed by atoms with Gasteiger partial charge in [0.1, 0.15) is 0 Å². The van der Waals surface area contributed by atoms with Crippen LogP contribution in [0.25, 0.3) is 0 Å². The molecule has 1 unspecified atom stereocenters. The van der Waals surface area contributed by atoms with Gasteiger partial charge in [0.15, 0.2) is 0 Å². The van der Waals surface area contributed by atoms with E-state index in [9.17, 15) is 0 Å². The van der Waals surface area contributed by atoms with Crippen LogP contribution in [-0.2, 0) is 6.42 Å². The minimum atomic E-state index is 0.509. The van der Waals surface area contributed by atoms with Crippen LogP contribution in [0.3, 0.4) is 0 Å². The van der Waals surface area contributed by atoms with Gasteiger partial charge in [-0.1, -0.05) is 35.9 Å². The lowest BCUT2D eigenvalue weighted by Gasteiger charge is -2.13. The van der Waals surface area contributed by atoms with Crippen LogP contribution in [0, 0.1) is 6.92 Å². The quantitative estimate of drug-likeness (QED) is 0.702. The molecule has 0 bridgehead atoms. The standard InChI is InChI=1S/C13H19N/c1-4-5-13(14-3)10-12-8-6-11(2)7-9-12/h4,6-9,13-14H,1,5,10H2,2-3H3. The van der Waals surface area contributed by atoms with Gasteiger partial charge in [0, 0.05) is 6.04 Å². The van der Waals surface area contributed by atoms with Crippen LogP contribution >= 0.6 is 0 Å². The molecule has 0 aliphatic heterocycles. The van der Waals surface area contributed by atoms with Crippen molar-refractivity contribution in [3.05, 3.63) is 48.0 Å². The number of hydrogen-bond acceptors (Lipinski definition) is 1. The molecule has 0 fully saturated rings. The van der Waals surface area contributed by atoms with Crippen LogP contribution in [0.5, 0.6) is 0 Å². The van der Waals surface area contributed by atoms with Crippen molar-refractivity contribution in [3.8, 4) is 0 Å². The molecule has 0 heterocycles. The van der Waals surface area contributed by atoms with E-state index in [-0.39, 0.29) is 0 Å². The molecule has 76 valence electrons. The Morgan fingerprint density at radius 1 is 1.36 bits per heavy atom. The molecule has 0 saturated carbocycles. The maximum Gasteiger partial charge on any atom is 0.0139 e. The lowest BCUT2D eigenvalue weighted by molar-refractivity contribution is 0.566. The first-order valence-corrected chi connectivity index (χ1v) is 5.10. The van der Waals surface area contributed by atoms with Crippen molar-refractivity contribution in [2.24, 2.45) is 0 Å². The number of nitrogens with one attached hydrogen (secondary N) is 1. The summed E-state index contributed by atoms with van der Waals surface area (Å²) in [6.45, 7) is 5.88. The summed E-state index contributed by atoms with van der Waals surface area (Å²) in [5.41, 5.74) is 2.70. The Morgan fingerprint density at radius 3 is 2.50 bits per heavy atom. The molecule has 0 radical (unpaired) electrons. The molecule has 0 aliphatic carbocycles. The molecular weight excluding hydrogens is 170 g/mol. The maximum absolute atomic E-state index is 3.76. The summed E-state index contributed by atoms with van der Waals surface area (Å²) in [6.07, 6.45) is 4.06. The molecule has 1 nitrogen and oxygen atoms in total. The molecule has 1 aromatic rings. The van der Waals surface area contributed by atoms with Crippen LogP contribution in [0.1, 0.15) is 17.5 Å². The minimum absolute atomic E-state index is 0.509. The molecule has 1 N–H and O–H groups in total. The summed E-state index contributed by atoms with van der Waals surface area (Å²) in [6, 6.07) is 9.23.